The van der Waals surface area contributed by atoms with E-state index in [9.17, 15) is 9.59 Å². The predicted octanol–water partition coefficient (Wildman–Crippen LogP) is 2.20. The van der Waals surface area contributed by atoms with Crippen molar-refractivity contribution in [3.63, 3.8) is 0 Å². The number of carbonyl (C=O) groups is 2. The van der Waals surface area contributed by atoms with Crippen molar-refractivity contribution >= 4 is 18.0 Å². The highest BCUT2D eigenvalue weighted by atomic mass is 16.6. The Labute approximate surface area is 175 Å². The molecule has 8 nitrogen and oxygen atoms in total. The fourth-order valence-electron chi connectivity index (χ4n) is 3.84. The number of hydrogen-bond donors (Lipinski definition) is 2. The second-order valence-corrected chi connectivity index (χ2v) is 9.81. The maximum atomic E-state index is 12.6. The fraction of sp³-hybridized carbons (Fsp3) is 0.857. The molecule has 2 heterocycles. The van der Waals surface area contributed by atoms with Crippen LogP contribution < -0.4 is 10.6 Å². The van der Waals surface area contributed by atoms with E-state index in [1.807, 2.05) is 25.7 Å². The molecule has 2 bridgehead atoms. The number of ether oxygens (including phenoxy) is 1. The molecule has 2 atom stereocenters. The molecule has 2 aliphatic heterocycles. The monoisotopic (exact) mass is 409 g/mol. The van der Waals surface area contributed by atoms with Crippen LogP contribution >= 0.6 is 0 Å². The minimum Gasteiger partial charge on any atom is -0.444 e. The zero-order chi connectivity index (χ0) is 21.8. The van der Waals surface area contributed by atoms with Crippen molar-refractivity contribution in [2.24, 2.45) is 10.9 Å². The summed E-state index contributed by atoms with van der Waals surface area (Å²) in [5.74, 6) is 1.11. The molecule has 0 aromatic rings. The summed E-state index contributed by atoms with van der Waals surface area (Å²) in [5.41, 5.74) is -0.481. The smallest absolute Gasteiger partial charge is 0.410 e. The molecule has 166 valence electrons. The first kappa shape index (κ1) is 23.3. The Hall–Kier alpha value is -1.99. The zero-order valence-corrected chi connectivity index (χ0v) is 19.1. The Bertz CT molecular complexity index is 598. The summed E-state index contributed by atoms with van der Waals surface area (Å²) in [6, 6.07) is 0.603. The number of carbonyl (C=O) groups excluding carboxylic acids is 2. The first-order chi connectivity index (χ1) is 13.5. The lowest BCUT2D eigenvalue weighted by atomic mass is 9.98. The molecule has 0 spiro atoms. The number of rotatable bonds is 5. The van der Waals surface area contributed by atoms with Crippen LogP contribution in [-0.4, -0.2) is 78.7 Å². The molecule has 0 aromatic heterocycles. The van der Waals surface area contributed by atoms with Gasteiger partial charge in [0.25, 0.3) is 0 Å². The highest BCUT2D eigenvalue weighted by Crippen LogP contribution is 2.36. The minimum absolute atomic E-state index is 0.0320. The van der Waals surface area contributed by atoms with Crippen LogP contribution in [0.5, 0.6) is 0 Å². The second-order valence-electron chi connectivity index (χ2n) is 9.81. The van der Waals surface area contributed by atoms with Gasteiger partial charge >= 0.3 is 6.09 Å². The van der Waals surface area contributed by atoms with Gasteiger partial charge in [-0.15, -0.1) is 0 Å². The Balaban J connectivity index is 2.00. The predicted molar refractivity (Wildman–Crippen MR) is 115 cm³/mol. The molecule has 2 fully saturated rings. The van der Waals surface area contributed by atoms with E-state index in [0.29, 0.717) is 11.9 Å². The topological polar surface area (TPSA) is 86.3 Å². The standard InChI is InChI=1S/C21H39N5O3/c1-14(2)12-22-19(23-13-18(27)25(6)7)24-15-10-16-8-9-17(11-15)26(16)20(28)29-21(3,4)5/h14-17H,8-13H2,1-7H3,(H2,22,23,24). The fourth-order valence-corrected chi connectivity index (χ4v) is 3.84. The van der Waals surface area contributed by atoms with E-state index in [1.165, 1.54) is 0 Å². The van der Waals surface area contributed by atoms with Gasteiger partial charge in [-0.25, -0.2) is 9.79 Å². The van der Waals surface area contributed by atoms with E-state index < -0.39 is 5.60 Å². The molecule has 2 amide bonds. The number of piperidine rings is 1. The summed E-state index contributed by atoms with van der Waals surface area (Å²) in [7, 11) is 3.47. The number of aliphatic imine (C=N–C) groups is 1. The van der Waals surface area contributed by atoms with Crippen molar-refractivity contribution < 1.29 is 14.3 Å². The van der Waals surface area contributed by atoms with Crippen LogP contribution in [0.4, 0.5) is 4.79 Å². The average Bonchev–Trinajstić information content (AvgIpc) is 2.86. The van der Waals surface area contributed by atoms with Crippen molar-refractivity contribution in [3.05, 3.63) is 0 Å². The third kappa shape index (κ3) is 7.08. The van der Waals surface area contributed by atoms with Crippen molar-refractivity contribution in [2.75, 3.05) is 27.2 Å². The molecule has 2 aliphatic rings. The summed E-state index contributed by atoms with van der Waals surface area (Å²) in [4.78, 5) is 32.5. The number of amides is 2. The molecule has 0 saturated carbocycles. The quantitative estimate of drug-likeness (QED) is 0.537. The van der Waals surface area contributed by atoms with Crippen LogP contribution in [0.1, 0.15) is 60.3 Å². The molecule has 2 unspecified atom stereocenters. The van der Waals surface area contributed by atoms with Crippen molar-refractivity contribution in [1.29, 1.82) is 0 Å². The molecule has 2 rings (SSSR count). The van der Waals surface area contributed by atoms with Crippen LogP contribution in [0.15, 0.2) is 4.99 Å². The Kier molecular flexibility index (Phi) is 7.77. The number of likely N-dealkylation sites (N-methyl/N-ethyl adjacent to an activating group) is 1. The molecular weight excluding hydrogens is 370 g/mol. The zero-order valence-electron chi connectivity index (χ0n) is 19.1. The van der Waals surface area contributed by atoms with Gasteiger partial charge in [0, 0.05) is 38.8 Å². The van der Waals surface area contributed by atoms with Crippen molar-refractivity contribution in [3.8, 4) is 0 Å². The molecule has 0 aromatic carbocycles. The molecule has 2 saturated heterocycles. The first-order valence-corrected chi connectivity index (χ1v) is 10.7. The van der Waals surface area contributed by atoms with Gasteiger partial charge in [-0.3, -0.25) is 4.79 Å². The summed E-state index contributed by atoms with van der Waals surface area (Å²) in [6.45, 7) is 10.9. The lowest BCUT2D eigenvalue weighted by molar-refractivity contribution is -0.127. The number of hydrogen-bond acceptors (Lipinski definition) is 4. The molecule has 8 heteroatoms. The van der Waals surface area contributed by atoms with Crippen molar-refractivity contribution in [2.45, 2.75) is 84.0 Å². The number of guanidine groups is 1. The molecule has 0 radical (unpaired) electrons. The maximum Gasteiger partial charge on any atom is 0.410 e. The van der Waals surface area contributed by atoms with Gasteiger partial charge in [0.1, 0.15) is 12.1 Å². The van der Waals surface area contributed by atoms with Gasteiger partial charge in [-0.2, -0.15) is 0 Å². The summed E-state index contributed by atoms with van der Waals surface area (Å²) >= 11 is 0. The van der Waals surface area contributed by atoms with E-state index in [0.717, 1.165) is 32.2 Å². The van der Waals surface area contributed by atoms with Crippen LogP contribution in [0, 0.1) is 5.92 Å². The van der Waals surface area contributed by atoms with Gasteiger partial charge in [0.05, 0.1) is 0 Å². The van der Waals surface area contributed by atoms with E-state index >= 15 is 0 Å². The van der Waals surface area contributed by atoms with Crippen LogP contribution in [0.25, 0.3) is 0 Å². The first-order valence-electron chi connectivity index (χ1n) is 10.7. The van der Waals surface area contributed by atoms with E-state index in [4.69, 9.17) is 4.74 Å². The molecular formula is C21H39N5O3. The highest BCUT2D eigenvalue weighted by Gasteiger charge is 2.45. The van der Waals surface area contributed by atoms with Gasteiger partial charge < -0.3 is 25.2 Å². The van der Waals surface area contributed by atoms with Crippen LogP contribution in [-0.2, 0) is 9.53 Å². The maximum absolute atomic E-state index is 12.6. The Morgan fingerprint density at radius 1 is 1.17 bits per heavy atom. The van der Waals surface area contributed by atoms with Gasteiger partial charge in [0.15, 0.2) is 5.96 Å². The van der Waals surface area contributed by atoms with Crippen LogP contribution in [0.3, 0.4) is 0 Å². The van der Waals surface area contributed by atoms with Crippen molar-refractivity contribution in [1.82, 2.24) is 20.4 Å². The van der Waals surface area contributed by atoms with E-state index in [1.54, 1.807) is 19.0 Å². The van der Waals surface area contributed by atoms with Gasteiger partial charge in [-0.05, 0) is 52.4 Å². The molecule has 0 aliphatic carbocycles. The highest BCUT2D eigenvalue weighted by molar-refractivity contribution is 5.85. The van der Waals surface area contributed by atoms with E-state index in [2.05, 4.69) is 29.5 Å². The average molecular weight is 410 g/mol. The van der Waals surface area contributed by atoms with Gasteiger partial charge in [-0.1, -0.05) is 13.8 Å². The minimum atomic E-state index is -0.481. The van der Waals surface area contributed by atoms with Gasteiger partial charge in [0.2, 0.25) is 5.91 Å². The second kappa shape index (κ2) is 9.67. The molecule has 29 heavy (non-hydrogen) atoms. The summed E-state index contributed by atoms with van der Waals surface area (Å²) in [6.07, 6.45) is 3.53. The number of fused-ring (bicyclic) bond motifs is 2. The molecule has 2 N–H and O–H groups in total. The largest absolute Gasteiger partial charge is 0.444 e. The third-order valence-corrected chi connectivity index (χ3v) is 5.23. The SMILES string of the molecule is CC(C)CNC(=NCC(=O)N(C)C)NC1CC2CCC(C1)N2C(=O)OC(C)(C)C. The summed E-state index contributed by atoms with van der Waals surface area (Å²) in [5, 5.41) is 6.84. The van der Waals surface area contributed by atoms with Crippen LogP contribution in [0.2, 0.25) is 0 Å². The Morgan fingerprint density at radius 3 is 2.24 bits per heavy atom. The third-order valence-electron chi connectivity index (χ3n) is 5.23. The lowest BCUT2D eigenvalue weighted by Gasteiger charge is -2.40. The summed E-state index contributed by atoms with van der Waals surface area (Å²) < 4.78 is 5.61. The number of nitrogens with zero attached hydrogens (tertiary/aromatic N) is 3. The lowest BCUT2D eigenvalue weighted by Crippen LogP contribution is -2.55. The normalized spacial score (nSPS) is 24.5. The number of nitrogens with one attached hydrogen (secondary N) is 2. The Morgan fingerprint density at radius 2 is 1.76 bits per heavy atom. The van der Waals surface area contributed by atoms with E-state index in [-0.39, 0.29) is 36.7 Å².